The molecule has 1 saturated heterocycles. The number of pyridine rings is 1. The number of amides is 1. The van der Waals surface area contributed by atoms with Gasteiger partial charge in [0.1, 0.15) is 16.5 Å². The topological polar surface area (TPSA) is 110 Å². The number of rotatable bonds is 6. The van der Waals surface area contributed by atoms with Crippen molar-refractivity contribution in [1.29, 1.82) is 0 Å². The number of aromatic nitrogens is 1. The van der Waals surface area contributed by atoms with Crippen molar-refractivity contribution in [3.63, 3.8) is 0 Å². The van der Waals surface area contributed by atoms with Crippen molar-refractivity contribution in [3.05, 3.63) is 36.5 Å². The van der Waals surface area contributed by atoms with Crippen molar-refractivity contribution in [3.8, 4) is 5.75 Å². The van der Waals surface area contributed by atoms with Crippen LogP contribution in [0.25, 0.3) is 0 Å². The van der Waals surface area contributed by atoms with Gasteiger partial charge < -0.3 is 20.1 Å². The van der Waals surface area contributed by atoms with E-state index in [-0.39, 0.29) is 10.8 Å². The Bertz CT molecular complexity index is 941. The number of hydrogen-bond donors (Lipinski definition) is 2. The lowest BCUT2D eigenvalue weighted by molar-refractivity contribution is -0.114. The summed E-state index contributed by atoms with van der Waals surface area (Å²) >= 11 is 0. The Hall–Kier alpha value is -2.69. The maximum atomic E-state index is 12.7. The van der Waals surface area contributed by atoms with Crippen LogP contribution < -0.4 is 15.4 Å². The molecule has 0 unspecified atom stereocenters. The highest BCUT2D eigenvalue weighted by atomic mass is 32.2. The smallest absolute Gasteiger partial charge is 0.244 e. The summed E-state index contributed by atoms with van der Waals surface area (Å²) in [6.07, 6.45) is 1.32. The molecule has 2 heterocycles. The number of anilines is 3. The van der Waals surface area contributed by atoms with Crippen LogP contribution in [-0.2, 0) is 19.6 Å². The summed E-state index contributed by atoms with van der Waals surface area (Å²) in [7, 11) is -2.06. The maximum Gasteiger partial charge on any atom is 0.244 e. The number of nitrogens with zero attached hydrogens (tertiary/aromatic N) is 2. The minimum absolute atomic E-state index is 0.124. The second-order valence-corrected chi connectivity index (χ2v) is 8.05. The van der Waals surface area contributed by atoms with Crippen molar-refractivity contribution in [2.75, 3.05) is 44.0 Å². The van der Waals surface area contributed by atoms with Gasteiger partial charge in [0.25, 0.3) is 0 Å². The lowest BCUT2D eigenvalue weighted by Gasteiger charge is -2.25. The number of hydrogen-bond acceptors (Lipinski definition) is 7. The highest BCUT2D eigenvalue weighted by Gasteiger charge is 2.26. The third kappa shape index (κ3) is 4.58. The van der Waals surface area contributed by atoms with Crippen LogP contribution in [0.15, 0.2) is 41.4 Å². The highest BCUT2D eigenvalue weighted by molar-refractivity contribution is 7.89. The van der Waals surface area contributed by atoms with Crippen LogP contribution in [0.3, 0.4) is 0 Å². The van der Waals surface area contributed by atoms with E-state index in [1.165, 1.54) is 30.6 Å². The largest absolute Gasteiger partial charge is 0.495 e. The van der Waals surface area contributed by atoms with Gasteiger partial charge in [-0.05, 0) is 30.3 Å². The van der Waals surface area contributed by atoms with Crippen LogP contribution in [0.2, 0.25) is 0 Å². The van der Waals surface area contributed by atoms with Crippen molar-refractivity contribution < 1.29 is 22.7 Å². The minimum atomic E-state index is -3.59. The molecule has 150 valence electrons. The van der Waals surface area contributed by atoms with Crippen molar-refractivity contribution in [2.24, 2.45) is 0 Å². The molecule has 0 saturated carbocycles. The van der Waals surface area contributed by atoms with Gasteiger partial charge in [-0.3, -0.25) is 4.79 Å². The first-order valence-electron chi connectivity index (χ1n) is 8.67. The molecule has 1 aromatic heterocycles. The summed E-state index contributed by atoms with van der Waals surface area (Å²) in [5, 5.41) is 5.78. The molecule has 2 N–H and O–H groups in total. The van der Waals surface area contributed by atoms with Crippen LogP contribution in [0.4, 0.5) is 17.2 Å². The first kappa shape index (κ1) is 20.1. The van der Waals surface area contributed by atoms with Gasteiger partial charge in [-0.25, -0.2) is 13.4 Å². The van der Waals surface area contributed by atoms with Gasteiger partial charge in [0, 0.05) is 31.9 Å². The monoisotopic (exact) mass is 406 g/mol. The molecular formula is C18H22N4O5S. The normalized spacial score (nSPS) is 15.1. The summed E-state index contributed by atoms with van der Waals surface area (Å²) in [6.45, 7) is 2.85. The van der Waals surface area contributed by atoms with E-state index in [1.807, 2.05) is 0 Å². The molecule has 2 aromatic rings. The van der Waals surface area contributed by atoms with Crippen molar-refractivity contribution in [1.82, 2.24) is 9.29 Å². The average Bonchev–Trinajstić information content (AvgIpc) is 2.69. The minimum Gasteiger partial charge on any atom is -0.495 e. The fourth-order valence-electron chi connectivity index (χ4n) is 2.77. The van der Waals surface area contributed by atoms with Gasteiger partial charge in [-0.2, -0.15) is 4.31 Å². The zero-order chi connectivity index (χ0) is 20.1. The fraction of sp³-hybridized carbons (Fsp3) is 0.333. The fourth-order valence-corrected chi connectivity index (χ4v) is 4.12. The van der Waals surface area contributed by atoms with Crippen LogP contribution in [0.5, 0.6) is 5.75 Å². The number of ether oxygens (including phenoxy) is 2. The number of nitrogens with one attached hydrogen (secondary N) is 2. The number of sulfonamides is 1. The molecule has 3 rings (SSSR count). The average molecular weight is 406 g/mol. The van der Waals surface area contributed by atoms with E-state index in [9.17, 15) is 13.2 Å². The Kier molecular flexibility index (Phi) is 6.12. The molecular weight excluding hydrogens is 384 g/mol. The number of benzene rings is 1. The van der Waals surface area contributed by atoms with Gasteiger partial charge in [0.2, 0.25) is 15.9 Å². The number of carbonyl (C=O) groups excluding carboxylic acids is 1. The Morgan fingerprint density at radius 2 is 1.96 bits per heavy atom. The predicted molar refractivity (Wildman–Crippen MR) is 104 cm³/mol. The van der Waals surface area contributed by atoms with E-state index in [0.717, 1.165) is 0 Å². The van der Waals surface area contributed by atoms with Gasteiger partial charge in [-0.1, -0.05) is 0 Å². The number of methoxy groups -OCH3 is 1. The zero-order valence-electron chi connectivity index (χ0n) is 15.6. The molecule has 1 aromatic carbocycles. The molecule has 9 nitrogen and oxygen atoms in total. The van der Waals surface area contributed by atoms with Gasteiger partial charge in [0.05, 0.1) is 26.0 Å². The maximum absolute atomic E-state index is 12.7. The molecule has 0 bridgehead atoms. The van der Waals surface area contributed by atoms with Crippen LogP contribution in [0.1, 0.15) is 6.92 Å². The Morgan fingerprint density at radius 1 is 1.21 bits per heavy atom. The molecule has 0 radical (unpaired) electrons. The Balaban J connectivity index is 1.79. The Labute approximate surface area is 163 Å². The SMILES string of the molecule is COc1ccc(NC(C)=O)cc1Nc1ccc(S(=O)(=O)N2CCOCC2)cn1. The molecule has 0 aliphatic carbocycles. The third-order valence-electron chi connectivity index (χ3n) is 4.13. The molecule has 1 aliphatic heterocycles. The highest BCUT2D eigenvalue weighted by Crippen LogP contribution is 2.30. The summed E-state index contributed by atoms with van der Waals surface area (Å²) < 4.78 is 37.2. The first-order valence-corrected chi connectivity index (χ1v) is 10.1. The number of carbonyl (C=O) groups is 1. The van der Waals surface area contributed by atoms with E-state index in [1.54, 1.807) is 24.3 Å². The van der Waals surface area contributed by atoms with Crippen molar-refractivity contribution >= 4 is 33.1 Å². The van der Waals surface area contributed by atoms with E-state index >= 15 is 0 Å². The molecule has 1 aliphatic rings. The second kappa shape index (κ2) is 8.55. The molecule has 1 amide bonds. The van der Waals surface area contributed by atoms with E-state index in [0.29, 0.717) is 49.2 Å². The molecule has 28 heavy (non-hydrogen) atoms. The van der Waals surface area contributed by atoms with E-state index in [4.69, 9.17) is 9.47 Å². The quantitative estimate of drug-likeness (QED) is 0.753. The lowest BCUT2D eigenvalue weighted by atomic mass is 10.2. The van der Waals surface area contributed by atoms with Gasteiger partial charge >= 0.3 is 0 Å². The first-order chi connectivity index (χ1) is 13.4. The van der Waals surface area contributed by atoms with Crippen LogP contribution in [0, 0.1) is 0 Å². The van der Waals surface area contributed by atoms with E-state index in [2.05, 4.69) is 15.6 Å². The third-order valence-corrected chi connectivity index (χ3v) is 6.01. The summed E-state index contributed by atoms with van der Waals surface area (Å²) in [5.41, 5.74) is 1.19. The zero-order valence-corrected chi connectivity index (χ0v) is 16.5. The van der Waals surface area contributed by atoms with Gasteiger partial charge in [0.15, 0.2) is 0 Å². The Morgan fingerprint density at radius 3 is 2.57 bits per heavy atom. The standard InChI is InChI=1S/C18H22N4O5S/c1-13(23)20-14-3-5-17(26-2)16(11-14)21-18-6-4-15(12-19-18)28(24,25)22-7-9-27-10-8-22/h3-6,11-12H,7-10H2,1-2H3,(H,19,21)(H,20,23). The molecule has 0 atom stereocenters. The second-order valence-electron chi connectivity index (χ2n) is 6.12. The predicted octanol–water partition coefficient (Wildman–Crippen LogP) is 1.81. The van der Waals surface area contributed by atoms with Gasteiger partial charge in [-0.15, -0.1) is 0 Å². The number of morpholine rings is 1. The molecule has 0 spiro atoms. The lowest BCUT2D eigenvalue weighted by Crippen LogP contribution is -2.40. The van der Waals surface area contributed by atoms with E-state index < -0.39 is 10.0 Å². The van der Waals surface area contributed by atoms with Crippen molar-refractivity contribution in [2.45, 2.75) is 11.8 Å². The molecule has 1 fully saturated rings. The van der Waals surface area contributed by atoms with Crippen LogP contribution in [-0.4, -0.2) is 57.0 Å². The summed E-state index contributed by atoms with van der Waals surface area (Å²) in [5.74, 6) is 0.812. The summed E-state index contributed by atoms with van der Waals surface area (Å²) in [4.78, 5) is 15.6. The van der Waals surface area contributed by atoms with Crippen LogP contribution >= 0.6 is 0 Å². The summed E-state index contributed by atoms with van der Waals surface area (Å²) in [6, 6.07) is 8.23. The molecule has 10 heteroatoms.